The SMILES string of the molecule is CC1CCC(CN)CN1Cc1cnc(Cl)s1. The zero-order valence-corrected chi connectivity index (χ0v) is 11.1. The maximum Gasteiger partial charge on any atom is 0.183 e. The molecule has 0 amide bonds. The van der Waals surface area contributed by atoms with E-state index in [1.54, 1.807) is 11.3 Å². The molecule has 2 N–H and O–H groups in total. The van der Waals surface area contributed by atoms with Crippen molar-refractivity contribution in [3.63, 3.8) is 0 Å². The predicted molar refractivity (Wildman–Crippen MR) is 68.8 cm³/mol. The molecule has 3 nitrogen and oxygen atoms in total. The quantitative estimate of drug-likeness (QED) is 0.906. The normalized spacial score (nSPS) is 27.2. The highest BCUT2D eigenvalue weighted by atomic mass is 35.5. The van der Waals surface area contributed by atoms with Crippen LogP contribution in [0.3, 0.4) is 0 Å². The average molecular weight is 260 g/mol. The fourth-order valence-electron chi connectivity index (χ4n) is 2.23. The number of halogens is 1. The van der Waals surface area contributed by atoms with E-state index in [1.807, 2.05) is 6.20 Å². The van der Waals surface area contributed by atoms with Crippen LogP contribution in [0.1, 0.15) is 24.6 Å². The second-order valence-corrected chi connectivity index (χ2v) is 6.23. The van der Waals surface area contributed by atoms with Gasteiger partial charge in [-0.05, 0) is 32.2 Å². The van der Waals surface area contributed by atoms with Crippen LogP contribution in [0.4, 0.5) is 0 Å². The van der Waals surface area contributed by atoms with Crippen molar-refractivity contribution in [2.45, 2.75) is 32.4 Å². The topological polar surface area (TPSA) is 42.1 Å². The molecule has 0 radical (unpaired) electrons. The molecule has 0 aliphatic carbocycles. The van der Waals surface area contributed by atoms with Gasteiger partial charge in [0.05, 0.1) is 0 Å². The van der Waals surface area contributed by atoms with Gasteiger partial charge in [-0.2, -0.15) is 0 Å². The predicted octanol–water partition coefficient (Wildman–Crippen LogP) is 2.36. The number of nitrogens with zero attached hydrogens (tertiary/aromatic N) is 2. The van der Waals surface area contributed by atoms with E-state index in [4.69, 9.17) is 17.3 Å². The zero-order valence-electron chi connectivity index (χ0n) is 9.53. The van der Waals surface area contributed by atoms with Gasteiger partial charge in [0.2, 0.25) is 0 Å². The van der Waals surface area contributed by atoms with Crippen LogP contribution >= 0.6 is 22.9 Å². The molecular formula is C11H18ClN3S. The van der Waals surface area contributed by atoms with Gasteiger partial charge in [-0.3, -0.25) is 4.90 Å². The smallest absolute Gasteiger partial charge is 0.183 e. The Bertz CT molecular complexity index is 342. The van der Waals surface area contributed by atoms with E-state index in [9.17, 15) is 0 Å². The van der Waals surface area contributed by atoms with E-state index >= 15 is 0 Å². The number of aromatic nitrogens is 1. The summed E-state index contributed by atoms with van der Waals surface area (Å²) in [5, 5.41) is 0. The van der Waals surface area contributed by atoms with E-state index in [1.165, 1.54) is 17.7 Å². The molecule has 0 aromatic carbocycles. The highest BCUT2D eigenvalue weighted by molar-refractivity contribution is 7.15. The van der Waals surface area contributed by atoms with E-state index in [0.29, 0.717) is 16.4 Å². The molecule has 0 spiro atoms. The molecule has 1 aliphatic rings. The summed E-state index contributed by atoms with van der Waals surface area (Å²) in [6.45, 7) is 5.15. The molecule has 2 heterocycles. The van der Waals surface area contributed by atoms with Crippen LogP contribution in [0.5, 0.6) is 0 Å². The summed E-state index contributed by atoms with van der Waals surface area (Å²) in [6.07, 6.45) is 4.39. The molecule has 1 saturated heterocycles. The van der Waals surface area contributed by atoms with Gasteiger partial charge in [0.1, 0.15) is 0 Å². The summed E-state index contributed by atoms with van der Waals surface area (Å²) in [5.41, 5.74) is 5.75. The lowest BCUT2D eigenvalue weighted by Crippen LogP contribution is -2.43. The first-order chi connectivity index (χ1) is 7.69. The van der Waals surface area contributed by atoms with Crippen LogP contribution in [-0.2, 0) is 6.54 Å². The molecule has 1 fully saturated rings. The van der Waals surface area contributed by atoms with Gasteiger partial charge in [0.25, 0.3) is 0 Å². The molecule has 2 rings (SSSR count). The van der Waals surface area contributed by atoms with Crippen molar-refractivity contribution in [1.82, 2.24) is 9.88 Å². The third-order valence-electron chi connectivity index (χ3n) is 3.33. The Morgan fingerprint density at radius 2 is 2.44 bits per heavy atom. The molecule has 1 aliphatic heterocycles. The van der Waals surface area contributed by atoms with E-state index in [2.05, 4.69) is 16.8 Å². The first-order valence-corrected chi connectivity index (χ1v) is 6.92. The number of piperidine rings is 1. The van der Waals surface area contributed by atoms with Crippen molar-refractivity contribution in [3.05, 3.63) is 15.5 Å². The van der Waals surface area contributed by atoms with E-state index < -0.39 is 0 Å². The molecule has 2 unspecified atom stereocenters. The maximum absolute atomic E-state index is 5.84. The first-order valence-electron chi connectivity index (χ1n) is 5.73. The van der Waals surface area contributed by atoms with Crippen LogP contribution in [-0.4, -0.2) is 29.0 Å². The first kappa shape index (κ1) is 12.3. The molecule has 1 aromatic heterocycles. The summed E-state index contributed by atoms with van der Waals surface area (Å²) in [5.74, 6) is 0.652. The van der Waals surface area contributed by atoms with E-state index in [-0.39, 0.29) is 0 Å². The Hall–Kier alpha value is -0.160. The van der Waals surface area contributed by atoms with Crippen LogP contribution < -0.4 is 5.73 Å². The number of nitrogens with two attached hydrogens (primary N) is 1. The molecule has 16 heavy (non-hydrogen) atoms. The summed E-state index contributed by atoms with van der Waals surface area (Å²) in [4.78, 5) is 7.81. The van der Waals surface area contributed by atoms with Crippen molar-refractivity contribution in [1.29, 1.82) is 0 Å². The van der Waals surface area contributed by atoms with Gasteiger partial charge in [-0.15, -0.1) is 11.3 Å². The van der Waals surface area contributed by atoms with Crippen molar-refractivity contribution in [3.8, 4) is 0 Å². The maximum atomic E-state index is 5.84. The molecule has 0 bridgehead atoms. The van der Waals surface area contributed by atoms with Crippen molar-refractivity contribution >= 4 is 22.9 Å². The Kier molecular flexibility index (Phi) is 4.19. The van der Waals surface area contributed by atoms with Crippen molar-refractivity contribution in [2.75, 3.05) is 13.1 Å². The highest BCUT2D eigenvalue weighted by Gasteiger charge is 2.24. The summed E-state index contributed by atoms with van der Waals surface area (Å²) in [6, 6.07) is 0.642. The summed E-state index contributed by atoms with van der Waals surface area (Å²) >= 11 is 7.41. The highest BCUT2D eigenvalue weighted by Crippen LogP contribution is 2.25. The number of hydrogen-bond donors (Lipinski definition) is 1. The summed E-state index contributed by atoms with van der Waals surface area (Å²) < 4.78 is 0.634. The minimum atomic E-state index is 0.634. The van der Waals surface area contributed by atoms with Crippen molar-refractivity contribution in [2.24, 2.45) is 11.7 Å². The minimum Gasteiger partial charge on any atom is -0.330 e. The molecule has 0 saturated carbocycles. The Labute approximate surface area is 106 Å². The van der Waals surface area contributed by atoms with Gasteiger partial charge in [-0.25, -0.2) is 4.98 Å². The van der Waals surface area contributed by atoms with Crippen LogP contribution in [0.2, 0.25) is 4.47 Å². The van der Waals surface area contributed by atoms with Gasteiger partial charge >= 0.3 is 0 Å². The van der Waals surface area contributed by atoms with Gasteiger partial charge in [0, 0.05) is 30.2 Å². The summed E-state index contributed by atoms with van der Waals surface area (Å²) in [7, 11) is 0. The third kappa shape index (κ3) is 2.94. The Morgan fingerprint density at radius 3 is 3.06 bits per heavy atom. The third-order valence-corrected chi connectivity index (χ3v) is 4.43. The van der Waals surface area contributed by atoms with Gasteiger partial charge in [-0.1, -0.05) is 11.6 Å². The second kappa shape index (κ2) is 5.45. The van der Waals surface area contributed by atoms with Gasteiger partial charge in [0.15, 0.2) is 4.47 Å². The fourth-order valence-corrected chi connectivity index (χ4v) is 3.24. The number of thiazole rings is 1. The molecule has 5 heteroatoms. The Morgan fingerprint density at radius 1 is 1.62 bits per heavy atom. The lowest BCUT2D eigenvalue weighted by atomic mass is 9.93. The average Bonchev–Trinajstić information content (AvgIpc) is 2.67. The zero-order chi connectivity index (χ0) is 11.5. The minimum absolute atomic E-state index is 0.634. The van der Waals surface area contributed by atoms with Crippen LogP contribution in [0.15, 0.2) is 6.20 Å². The molecular weight excluding hydrogens is 242 g/mol. The second-order valence-electron chi connectivity index (χ2n) is 4.54. The van der Waals surface area contributed by atoms with Crippen LogP contribution in [0.25, 0.3) is 0 Å². The molecule has 90 valence electrons. The molecule has 2 atom stereocenters. The number of likely N-dealkylation sites (tertiary alicyclic amines) is 1. The standard InChI is InChI=1S/C11H18ClN3S/c1-8-2-3-9(4-13)6-15(8)7-10-5-14-11(12)16-10/h5,8-9H,2-4,6-7,13H2,1H3. The number of rotatable bonds is 3. The fraction of sp³-hybridized carbons (Fsp3) is 0.727. The number of hydrogen-bond acceptors (Lipinski definition) is 4. The molecule has 1 aromatic rings. The lowest BCUT2D eigenvalue weighted by molar-refractivity contribution is 0.114. The largest absolute Gasteiger partial charge is 0.330 e. The Balaban J connectivity index is 1.96. The van der Waals surface area contributed by atoms with Crippen LogP contribution in [0, 0.1) is 5.92 Å². The van der Waals surface area contributed by atoms with Crippen molar-refractivity contribution < 1.29 is 0 Å². The van der Waals surface area contributed by atoms with Gasteiger partial charge < -0.3 is 5.73 Å². The van der Waals surface area contributed by atoms with E-state index in [0.717, 1.165) is 19.6 Å². The monoisotopic (exact) mass is 259 g/mol. The lowest BCUT2D eigenvalue weighted by Gasteiger charge is -2.37.